The molecular formula is C57H49Cl3N6O11. The monoisotopic (exact) mass is 1100 g/mol. The highest BCUT2D eigenvalue weighted by atomic mass is 35.5. The van der Waals surface area contributed by atoms with Crippen LogP contribution in [0.1, 0.15) is 68.9 Å². The van der Waals surface area contributed by atoms with Crippen LogP contribution in [0.4, 0.5) is 34.1 Å². The molecular weight excluding hydrogens is 1050 g/mol. The molecule has 77 heavy (non-hydrogen) atoms. The summed E-state index contributed by atoms with van der Waals surface area (Å²) in [5.41, 5.74) is -1.10. The minimum Gasteiger partial charge on any atom is -0.478 e. The van der Waals surface area contributed by atoms with Crippen molar-refractivity contribution in [2.24, 2.45) is 0 Å². The molecule has 4 heterocycles. The van der Waals surface area contributed by atoms with Gasteiger partial charge in [-0.1, -0.05) is 108 Å². The zero-order chi connectivity index (χ0) is 56.0. The van der Waals surface area contributed by atoms with Crippen LogP contribution < -0.4 is 29.4 Å². The molecule has 20 heteroatoms. The summed E-state index contributed by atoms with van der Waals surface area (Å²) in [5.74, 6) is -7.67. The normalized spacial score (nSPS) is 18.9. The van der Waals surface area contributed by atoms with E-state index in [0.717, 1.165) is 4.90 Å². The number of carboxylic acids is 1. The summed E-state index contributed by atoms with van der Waals surface area (Å²) >= 11 is 18.4. The molecule has 0 radical (unpaired) electrons. The molecule has 10 rings (SSSR count). The Morgan fingerprint density at radius 3 is 1.68 bits per heavy atom. The predicted octanol–water partition coefficient (Wildman–Crippen LogP) is 8.24. The summed E-state index contributed by atoms with van der Waals surface area (Å²) in [7, 11) is 4.40. The summed E-state index contributed by atoms with van der Waals surface area (Å²) in [6.07, 6.45) is 0. The number of amides is 6. The van der Waals surface area contributed by atoms with Crippen molar-refractivity contribution in [1.82, 2.24) is 0 Å². The first kappa shape index (κ1) is 55.0. The van der Waals surface area contributed by atoms with Crippen LogP contribution in [-0.2, 0) is 34.2 Å². The number of aromatic carboxylic acids is 1. The van der Waals surface area contributed by atoms with E-state index >= 15 is 0 Å². The van der Waals surface area contributed by atoms with Crippen molar-refractivity contribution < 1.29 is 53.4 Å². The van der Waals surface area contributed by atoms with Crippen LogP contribution in [0.5, 0.6) is 0 Å². The Morgan fingerprint density at radius 1 is 0.584 bits per heavy atom. The molecule has 0 fully saturated rings. The fraction of sp³-hybridized carbons (Fsp3) is 0.211. The SMILES string of the molecule is CCN(C(=O)C1(O)C(=O)c2c(Cl)cccc2N(C)C1=O)c1ccccc1.CCN1C(=O)C(C(=O)N(C)c2cccc(Cl)c2C(=O)O)c2ccccc21.CCN1C(=O)[C@]2(C(=O)c3c(Cl)cccc3N(C)C2=O)c2ccccc21. The Labute approximate surface area is 457 Å². The van der Waals surface area contributed by atoms with Gasteiger partial charge in [-0.2, -0.15) is 0 Å². The molecule has 0 aromatic heterocycles. The first-order valence-corrected chi connectivity index (χ1v) is 25.2. The number of fused-ring (bicyclic) bond motifs is 5. The molecule has 17 nitrogen and oxygen atoms in total. The molecule has 0 aliphatic carbocycles. The Balaban J connectivity index is 0.000000153. The molecule has 6 aromatic carbocycles. The largest absolute Gasteiger partial charge is 0.478 e. The predicted molar refractivity (Wildman–Crippen MR) is 293 cm³/mol. The molecule has 0 saturated carbocycles. The van der Waals surface area contributed by atoms with Crippen molar-refractivity contribution in [3.8, 4) is 0 Å². The molecule has 0 saturated heterocycles. The lowest BCUT2D eigenvalue weighted by atomic mass is 9.71. The van der Waals surface area contributed by atoms with E-state index in [2.05, 4.69) is 0 Å². The van der Waals surface area contributed by atoms with Crippen LogP contribution in [0.15, 0.2) is 133 Å². The maximum Gasteiger partial charge on any atom is 0.339 e. The molecule has 6 amide bonds. The Morgan fingerprint density at radius 2 is 1.09 bits per heavy atom. The zero-order valence-electron chi connectivity index (χ0n) is 42.3. The van der Waals surface area contributed by atoms with Crippen molar-refractivity contribution in [2.45, 2.75) is 37.7 Å². The lowest BCUT2D eigenvalue weighted by Gasteiger charge is -2.38. The molecule has 3 atom stereocenters. The number of likely N-dealkylation sites (N-methyl/N-ethyl adjacent to an activating group) is 6. The number of halogens is 3. The first-order valence-electron chi connectivity index (χ1n) is 24.1. The molecule has 0 bridgehead atoms. The van der Waals surface area contributed by atoms with Crippen molar-refractivity contribution in [1.29, 1.82) is 0 Å². The maximum atomic E-state index is 13.5. The Hall–Kier alpha value is -8.22. The number of benzene rings is 6. The third-order valence-corrected chi connectivity index (χ3v) is 14.9. The van der Waals surface area contributed by atoms with Gasteiger partial charge in [-0.15, -0.1) is 0 Å². The van der Waals surface area contributed by atoms with E-state index in [4.69, 9.17) is 34.8 Å². The van der Waals surface area contributed by atoms with Crippen LogP contribution in [0.25, 0.3) is 0 Å². The van der Waals surface area contributed by atoms with Gasteiger partial charge in [-0.3, -0.25) is 38.4 Å². The van der Waals surface area contributed by atoms with Gasteiger partial charge in [-0.05, 0) is 87.0 Å². The van der Waals surface area contributed by atoms with Crippen LogP contribution in [0, 0.1) is 0 Å². The van der Waals surface area contributed by atoms with Crippen LogP contribution >= 0.6 is 34.8 Å². The summed E-state index contributed by atoms with van der Waals surface area (Å²) < 4.78 is 0. The molecule has 2 N–H and O–H groups in total. The average molecular weight is 1100 g/mol. The van der Waals surface area contributed by atoms with Gasteiger partial charge in [0.25, 0.3) is 29.2 Å². The number of hydrogen-bond acceptors (Lipinski definition) is 10. The van der Waals surface area contributed by atoms with Crippen molar-refractivity contribution in [2.75, 3.05) is 70.2 Å². The van der Waals surface area contributed by atoms with Gasteiger partial charge in [0.05, 0.1) is 43.3 Å². The summed E-state index contributed by atoms with van der Waals surface area (Å²) in [5, 5.41) is 20.8. The zero-order valence-corrected chi connectivity index (χ0v) is 44.6. The van der Waals surface area contributed by atoms with Crippen LogP contribution in [0.2, 0.25) is 15.1 Å². The fourth-order valence-corrected chi connectivity index (χ4v) is 11.0. The lowest BCUT2D eigenvalue weighted by molar-refractivity contribution is -0.145. The minimum absolute atomic E-state index is 0.0305. The van der Waals surface area contributed by atoms with E-state index in [9.17, 15) is 53.4 Å². The standard InChI is InChI=1S/2C19H17ClN2O4.C19H15ClN2O3/c1-3-22-13-9-5-4-7-11(13)15(18(22)24)17(23)21(2)14-10-6-8-12(20)16(14)19(25)26;1-3-22(12-8-5-4-6-9-12)18(25)19(26)16(23)15-13(20)10-7-11-14(15)21(2)17(19)24;1-3-22-13-9-5-4-7-11(13)19(18(22)25)16(23)15-12(20)8-6-10-14(15)21(2)17(19)24/h4-10,15H,3H2,1-2H3,(H,25,26);4-11,26H,3H2,1-2H3;4-10H,3H2,1-2H3/t;;19-/m..0/s1. The van der Waals surface area contributed by atoms with Crippen molar-refractivity contribution in [3.63, 3.8) is 0 Å². The number of para-hydroxylation sites is 3. The number of carboxylic acid groups (broad SMARTS) is 1. The second kappa shape index (κ2) is 21.4. The molecule has 4 aliphatic rings. The van der Waals surface area contributed by atoms with Crippen molar-refractivity contribution >= 4 is 122 Å². The van der Waals surface area contributed by atoms with Gasteiger partial charge >= 0.3 is 5.97 Å². The van der Waals surface area contributed by atoms with Gasteiger partial charge in [0.1, 0.15) is 11.5 Å². The molecule has 1 spiro atoms. The number of Topliss-reactive ketones (excluding diaryl/α,β-unsaturated/α-hetero) is 2. The smallest absolute Gasteiger partial charge is 0.339 e. The summed E-state index contributed by atoms with van der Waals surface area (Å²) in [6, 6.07) is 36.7. The maximum absolute atomic E-state index is 13.5. The first-order chi connectivity index (χ1) is 36.7. The average Bonchev–Trinajstić information content (AvgIpc) is 4.15. The van der Waals surface area contributed by atoms with Gasteiger partial charge in [-0.25, -0.2) is 4.79 Å². The quantitative estimate of drug-likeness (QED) is 0.139. The van der Waals surface area contributed by atoms with Gasteiger partial charge < -0.3 is 39.6 Å². The van der Waals surface area contributed by atoms with Crippen LogP contribution in [-0.4, -0.2) is 110 Å². The number of hydrogen-bond donors (Lipinski definition) is 2. The van der Waals surface area contributed by atoms with E-state index in [0.29, 0.717) is 47.0 Å². The number of nitrogens with zero attached hydrogens (tertiary/aromatic N) is 6. The van der Waals surface area contributed by atoms with E-state index in [-0.39, 0.29) is 55.6 Å². The topological polar surface area (TPSA) is 214 Å². The highest BCUT2D eigenvalue weighted by molar-refractivity contribution is 6.47. The minimum atomic E-state index is -2.86. The molecule has 394 valence electrons. The number of rotatable bonds is 8. The van der Waals surface area contributed by atoms with Gasteiger partial charge in [0, 0.05) is 63.4 Å². The Bertz CT molecular complexity index is 3490. The second-order valence-electron chi connectivity index (χ2n) is 18.0. The van der Waals surface area contributed by atoms with Gasteiger partial charge in [0.15, 0.2) is 5.78 Å². The van der Waals surface area contributed by atoms with E-state index < -0.39 is 64.0 Å². The summed E-state index contributed by atoms with van der Waals surface area (Å²) in [6.45, 7) is 6.33. The van der Waals surface area contributed by atoms with Crippen molar-refractivity contribution in [3.05, 3.63) is 176 Å². The number of aliphatic hydroxyl groups is 1. The van der Waals surface area contributed by atoms with Gasteiger partial charge in [0.2, 0.25) is 23.0 Å². The lowest BCUT2D eigenvalue weighted by Crippen LogP contribution is -2.65. The number of carbonyl (C=O) groups excluding carboxylic acids is 8. The highest BCUT2D eigenvalue weighted by Crippen LogP contribution is 2.50. The van der Waals surface area contributed by atoms with Crippen LogP contribution in [0.3, 0.4) is 0 Å². The Kier molecular flexibility index (Phi) is 15.3. The van der Waals surface area contributed by atoms with E-state index in [1.807, 2.05) is 19.9 Å². The molecule has 4 aliphatic heterocycles. The third-order valence-electron chi connectivity index (χ3n) is 14.0. The number of anilines is 6. The fourth-order valence-electron chi connectivity index (χ4n) is 10.2. The van der Waals surface area contributed by atoms with E-state index in [1.165, 1.54) is 58.0 Å². The highest BCUT2D eigenvalue weighted by Gasteiger charge is 2.65. The number of ketones is 2. The summed E-state index contributed by atoms with van der Waals surface area (Å²) in [4.78, 5) is 124. The number of carbonyl (C=O) groups is 9. The molecule has 2 unspecified atom stereocenters. The molecule has 6 aromatic rings. The van der Waals surface area contributed by atoms with E-state index in [1.54, 1.807) is 122 Å². The second-order valence-corrected chi connectivity index (χ2v) is 19.2. The third kappa shape index (κ3) is 8.68.